The fourth-order valence-corrected chi connectivity index (χ4v) is 2.99. The number of fused-ring (bicyclic) bond motifs is 1. The third kappa shape index (κ3) is 2.41. The molecule has 0 aliphatic carbocycles. The predicted octanol–water partition coefficient (Wildman–Crippen LogP) is 4.32. The highest BCUT2D eigenvalue weighted by molar-refractivity contribution is 6.30. The fraction of sp³-hybridized carbons (Fsp3) is 0.0526. The molecular formula is C19H14ClN3O. The average molecular weight is 336 g/mol. The molecule has 0 aliphatic rings. The maximum absolute atomic E-state index is 12.5. The van der Waals surface area contributed by atoms with Gasteiger partial charge in [-0.3, -0.25) is 9.89 Å². The summed E-state index contributed by atoms with van der Waals surface area (Å²) in [4.78, 5) is 17.2. The summed E-state index contributed by atoms with van der Waals surface area (Å²) in [6, 6.07) is 18.8. The summed E-state index contributed by atoms with van der Waals surface area (Å²) < 4.78 is 1.48. The lowest BCUT2D eigenvalue weighted by atomic mass is 10.1. The number of aromatic amines is 1. The van der Waals surface area contributed by atoms with E-state index in [4.69, 9.17) is 16.6 Å². The molecule has 4 aromatic rings. The van der Waals surface area contributed by atoms with Crippen LogP contribution in [0.15, 0.2) is 65.5 Å². The van der Waals surface area contributed by atoms with Crippen molar-refractivity contribution < 1.29 is 0 Å². The molecule has 0 radical (unpaired) electrons. The van der Waals surface area contributed by atoms with Gasteiger partial charge in [-0.15, -0.1) is 0 Å². The van der Waals surface area contributed by atoms with E-state index < -0.39 is 0 Å². The van der Waals surface area contributed by atoms with Crippen LogP contribution < -0.4 is 5.56 Å². The Bertz CT molecular complexity index is 1080. The first kappa shape index (κ1) is 14.7. The van der Waals surface area contributed by atoms with Crippen molar-refractivity contribution in [2.75, 3.05) is 0 Å². The first-order valence-electron chi connectivity index (χ1n) is 7.57. The third-order valence-electron chi connectivity index (χ3n) is 4.00. The molecule has 118 valence electrons. The number of hydrogen-bond donors (Lipinski definition) is 1. The highest BCUT2D eigenvalue weighted by atomic mass is 35.5. The van der Waals surface area contributed by atoms with Gasteiger partial charge in [0.25, 0.3) is 5.56 Å². The normalized spacial score (nSPS) is 11.1. The van der Waals surface area contributed by atoms with E-state index in [9.17, 15) is 4.79 Å². The van der Waals surface area contributed by atoms with Crippen LogP contribution in [0.4, 0.5) is 0 Å². The summed E-state index contributed by atoms with van der Waals surface area (Å²) in [5.74, 6) is 0. The van der Waals surface area contributed by atoms with Crippen LogP contribution in [0.2, 0.25) is 5.02 Å². The largest absolute Gasteiger partial charge is 0.293 e. The van der Waals surface area contributed by atoms with Gasteiger partial charge in [-0.25, -0.2) is 9.50 Å². The molecule has 0 saturated carbocycles. The van der Waals surface area contributed by atoms with Crippen molar-refractivity contribution in [2.24, 2.45) is 0 Å². The summed E-state index contributed by atoms with van der Waals surface area (Å²) >= 11 is 5.94. The van der Waals surface area contributed by atoms with Gasteiger partial charge in [0.05, 0.1) is 5.69 Å². The second-order valence-corrected chi connectivity index (χ2v) is 6.06. The molecule has 5 heteroatoms. The van der Waals surface area contributed by atoms with Crippen molar-refractivity contribution in [1.29, 1.82) is 0 Å². The van der Waals surface area contributed by atoms with Gasteiger partial charge in [0.15, 0.2) is 5.65 Å². The van der Waals surface area contributed by atoms with Crippen molar-refractivity contribution in [3.8, 4) is 22.4 Å². The summed E-state index contributed by atoms with van der Waals surface area (Å²) in [5.41, 5.74) is 4.83. The monoisotopic (exact) mass is 335 g/mol. The van der Waals surface area contributed by atoms with E-state index in [1.54, 1.807) is 12.1 Å². The molecule has 0 saturated heterocycles. The van der Waals surface area contributed by atoms with Gasteiger partial charge in [0.2, 0.25) is 0 Å². The Morgan fingerprint density at radius 2 is 1.71 bits per heavy atom. The Balaban J connectivity index is 2.00. The Kier molecular flexibility index (Phi) is 3.47. The van der Waals surface area contributed by atoms with Crippen LogP contribution in [0.5, 0.6) is 0 Å². The van der Waals surface area contributed by atoms with Gasteiger partial charge in [0, 0.05) is 27.9 Å². The van der Waals surface area contributed by atoms with Crippen LogP contribution >= 0.6 is 11.6 Å². The molecule has 1 N–H and O–H groups in total. The van der Waals surface area contributed by atoms with Gasteiger partial charge in [0.1, 0.15) is 0 Å². The zero-order chi connectivity index (χ0) is 16.7. The summed E-state index contributed by atoms with van der Waals surface area (Å²) in [5, 5.41) is 3.75. The van der Waals surface area contributed by atoms with Crippen LogP contribution in [-0.2, 0) is 0 Å². The molecule has 24 heavy (non-hydrogen) atoms. The Hall–Kier alpha value is -2.85. The highest BCUT2D eigenvalue weighted by Gasteiger charge is 2.15. The quantitative estimate of drug-likeness (QED) is 0.593. The van der Waals surface area contributed by atoms with E-state index >= 15 is 0 Å². The van der Waals surface area contributed by atoms with Gasteiger partial charge in [-0.2, -0.15) is 0 Å². The number of aryl methyl sites for hydroxylation is 1. The molecule has 0 spiro atoms. The van der Waals surface area contributed by atoms with Crippen molar-refractivity contribution in [3.05, 3.63) is 81.7 Å². The molecule has 4 nitrogen and oxygen atoms in total. The first-order valence-corrected chi connectivity index (χ1v) is 7.95. The fourth-order valence-electron chi connectivity index (χ4n) is 2.87. The van der Waals surface area contributed by atoms with Crippen molar-refractivity contribution in [3.63, 3.8) is 0 Å². The summed E-state index contributed by atoms with van der Waals surface area (Å²) in [6.07, 6.45) is 0. The number of H-pyrrole nitrogens is 1. The molecular weight excluding hydrogens is 322 g/mol. The molecule has 0 fully saturated rings. The Morgan fingerprint density at radius 1 is 1.00 bits per heavy atom. The zero-order valence-electron chi connectivity index (χ0n) is 13.0. The number of nitrogens with zero attached hydrogens (tertiary/aromatic N) is 2. The standard InChI is InChI=1S/C19H14ClN3O/c1-12-18(14-5-3-2-4-6-14)19-21-16(11-17(24)23(19)22-12)13-7-9-15(20)10-8-13/h2-11,22H,1H3. The van der Waals surface area contributed by atoms with E-state index in [1.165, 1.54) is 10.6 Å². The number of benzene rings is 2. The lowest BCUT2D eigenvalue weighted by Gasteiger charge is -2.04. The zero-order valence-corrected chi connectivity index (χ0v) is 13.7. The molecule has 2 aromatic heterocycles. The number of nitrogens with one attached hydrogen (secondary N) is 1. The number of aromatic nitrogens is 3. The molecule has 4 rings (SSSR count). The first-order chi connectivity index (χ1) is 11.6. The maximum atomic E-state index is 12.5. The van der Waals surface area contributed by atoms with Crippen molar-refractivity contribution in [2.45, 2.75) is 6.92 Å². The van der Waals surface area contributed by atoms with E-state index in [2.05, 4.69) is 5.10 Å². The second-order valence-electron chi connectivity index (χ2n) is 5.62. The van der Waals surface area contributed by atoms with Gasteiger partial charge >= 0.3 is 0 Å². The van der Waals surface area contributed by atoms with E-state index in [0.717, 1.165) is 22.4 Å². The van der Waals surface area contributed by atoms with E-state index in [0.29, 0.717) is 16.4 Å². The number of hydrogen-bond acceptors (Lipinski definition) is 2. The molecule has 0 bridgehead atoms. The Morgan fingerprint density at radius 3 is 2.42 bits per heavy atom. The van der Waals surface area contributed by atoms with Crippen LogP contribution in [0.25, 0.3) is 28.0 Å². The molecule has 2 aromatic carbocycles. The lowest BCUT2D eigenvalue weighted by Crippen LogP contribution is -2.14. The van der Waals surface area contributed by atoms with Crippen molar-refractivity contribution in [1.82, 2.24) is 14.6 Å². The maximum Gasteiger partial charge on any atom is 0.273 e. The molecule has 0 amide bonds. The minimum atomic E-state index is -0.143. The molecule has 2 heterocycles. The van der Waals surface area contributed by atoms with Crippen LogP contribution in [0, 0.1) is 6.92 Å². The SMILES string of the molecule is Cc1[nH]n2c(=O)cc(-c3ccc(Cl)cc3)nc2c1-c1ccccc1. The number of halogens is 1. The second kappa shape index (κ2) is 5.65. The van der Waals surface area contributed by atoms with Crippen LogP contribution in [0.3, 0.4) is 0 Å². The lowest BCUT2D eigenvalue weighted by molar-refractivity contribution is 0.882. The van der Waals surface area contributed by atoms with Gasteiger partial charge in [-0.1, -0.05) is 54.1 Å². The van der Waals surface area contributed by atoms with E-state index in [1.807, 2.05) is 49.4 Å². The van der Waals surface area contributed by atoms with Crippen molar-refractivity contribution >= 4 is 17.2 Å². The number of rotatable bonds is 2. The van der Waals surface area contributed by atoms with E-state index in [-0.39, 0.29) is 5.56 Å². The molecule has 0 atom stereocenters. The predicted molar refractivity (Wildman–Crippen MR) is 96.4 cm³/mol. The summed E-state index contributed by atoms with van der Waals surface area (Å²) in [6.45, 7) is 1.94. The van der Waals surface area contributed by atoms with Gasteiger partial charge in [-0.05, 0) is 24.6 Å². The van der Waals surface area contributed by atoms with Gasteiger partial charge < -0.3 is 0 Å². The van der Waals surface area contributed by atoms with Crippen LogP contribution in [0.1, 0.15) is 5.69 Å². The topological polar surface area (TPSA) is 50.2 Å². The third-order valence-corrected chi connectivity index (χ3v) is 4.25. The highest BCUT2D eigenvalue weighted by Crippen LogP contribution is 2.27. The minimum Gasteiger partial charge on any atom is -0.293 e. The summed E-state index contributed by atoms with van der Waals surface area (Å²) in [7, 11) is 0. The minimum absolute atomic E-state index is 0.143. The smallest absolute Gasteiger partial charge is 0.273 e. The Labute approximate surface area is 143 Å². The molecule has 0 aliphatic heterocycles. The molecule has 0 unspecified atom stereocenters. The average Bonchev–Trinajstić information content (AvgIpc) is 2.93. The van der Waals surface area contributed by atoms with Crippen LogP contribution in [-0.4, -0.2) is 14.6 Å².